The molecule has 2 rings (SSSR count). The molecule has 0 bridgehead atoms. The van der Waals surface area contributed by atoms with Crippen LogP contribution in [0.3, 0.4) is 0 Å². The SMILES string of the molecule is Cc1cccc2cccc(C(F)F)c12. The van der Waals surface area contributed by atoms with Crippen LogP contribution in [0.5, 0.6) is 0 Å². The van der Waals surface area contributed by atoms with Crippen LogP contribution < -0.4 is 0 Å². The van der Waals surface area contributed by atoms with E-state index in [0.717, 1.165) is 10.9 Å². The number of halogens is 2. The molecule has 0 aliphatic heterocycles. The number of hydrogen-bond donors (Lipinski definition) is 0. The van der Waals surface area contributed by atoms with E-state index in [1.165, 1.54) is 6.07 Å². The van der Waals surface area contributed by atoms with Crippen molar-refractivity contribution in [3.05, 3.63) is 47.5 Å². The molecule has 2 aromatic rings. The van der Waals surface area contributed by atoms with Gasteiger partial charge in [-0.05, 0) is 23.3 Å². The summed E-state index contributed by atoms with van der Waals surface area (Å²) in [4.78, 5) is 0. The van der Waals surface area contributed by atoms with E-state index in [-0.39, 0.29) is 5.56 Å². The van der Waals surface area contributed by atoms with Gasteiger partial charge in [-0.1, -0.05) is 36.4 Å². The van der Waals surface area contributed by atoms with Gasteiger partial charge in [-0.25, -0.2) is 8.78 Å². The summed E-state index contributed by atoms with van der Waals surface area (Å²) in [6.07, 6.45) is -2.40. The molecule has 0 saturated heterocycles. The predicted octanol–water partition coefficient (Wildman–Crippen LogP) is 4.09. The van der Waals surface area contributed by atoms with Crippen LogP contribution >= 0.6 is 0 Å². The maximum atomic E-state index is 12.7. The number of aryl methyl sites for hydroxylation is 1. The minimum absolute atomic E-state index is 0.126. The van der Waals surface area contributed by atoms with E-state index < -0.39 is 6.43 Å². The minimum atomic E-state index is -2.40. The molecule has 2 aromatic carbocycles. The van der Waals surface area contributed by atoms with Crippen molar-refractivity contribution >= 4 is 10.8 Å². The second-order valence-electron chi connectivity index (χ2n) is 3.32. The summed E-state index contributed by atoms with van der Waals surface area (Å²) in [5.41, 5.74) is 1.03. The van der Waals surface area contributed by atoms with E-state index >= 15 is 0 Å². The molecular weight excluding hydrogens is 182 g/mol. The van der Waals surface area contributed by atoms with E-state index in [0.29, 0.717) is 5.39 Å². The van der Waals surface area contributed by atoms with Crippen LogP contribution in [0.4, 0.5) is 8.78 Å². The van der Waals surface area contributed by atoms with Gasteiger partial charge in [0.25, 0.3) is 6.43 Å². The van der Waals surface area contributed by atoms with Crippen molar-refractivity contribution in [1.29, 1.82) is 0 Å². The van der Waals surface area contributed by atoms with Crippen molar-refractivity contribution < 1.29 is 8.78 Å². The Balaban J connectivity index is 2.84. The molecule has 14 heavy (non-hydrogen) atoms. The second kappa shape index (κ2) is 3.37. The molecule has 0 spiro atoms. The first-order valence-electron chi connectivity index (χ1n) is 4.46. The van der Waals surface area contributed by atoms with E-state index in [2.05, 4.69) is 0 Å². The van der Waals surface area contributed by atoms with Crippen LogP contribution in [0.25, 0.3) is 10.8 Å². The van der Waals surface area contributed by atoms with Crippen molar-refractivity contribution in [2.75, 3.05) is 0 Å². The Morgan fingerprint density at radius 3 is 2.29 bits per heavy atom. The third-order valence-electron chi connectivity index (χ3n) is 2.38. The van der Waals surface area contributed by atoms with Gasteiger partial charge >= 0.3 is 0 Å². The van der Waals surface area contributed by atoms with Gasteiger partial charge in [0.1, 0.15) is 0 Å². The predicted molar refractivity (Wildman–Crippen MR) is 53.6 cm³/mol. The molecule has 0 N–H and O–H groups in total. The molecule has 0 fully saturated rings. The van der Waals surface area contributed by atoms with Crippen LogP contribution in [-0.2, 0) is 0 Å². The minimum Gasteiger partial charge on any atom is -0.205 e. The largest absolute Gasteiger partial charge is 0.264 e. The maximum Gasteiger partial charge on any atom is 0.264 e. The first kappa shape index (κ1) is 9.13. The van der Waals surface area contributed by atoms with Crippen molar-refractivity contribution in [1.82, 2.24) is 0 Å². The zero-order valence-electron chi connectivity index (χ0n) is 7.80. The third kappa shape index (κ3) is 1.37. The fourth-order valence-electron chi connectivity index (χ4n) is 1.74. The van der Waals surface area contributed by atoms with Crippen LogP contribution in [0.2, 0.25) is 0 Å². The molecule has 0 atom stereocenters. The summed E-state index contributed by atoms with van der Waals surface area (Å²) in [6.45, 7) is 1.86. The summed E-state index contributed by atoms with van der Waals surface area (Å²) >= 11 is 0. The van der Waals surface area contributed by atoms with Gasteiger partial charge in [0.2, 0.25) is 0 Å². The van der Waals surface area contributed by atoms with Gasteiger partial charge in [0.05, 0.1) is 0 Å². The quantitative estimate of drug-likeness (QED) is 0.638. The molecule has 0 radical (unpaired) electrons. The molecule has 0 unspecified atom stereocenters. The van der Waals surface area contributed by atoms with Gasteiger partial charge < -0.3 is 0 Å². The molecule has 0 nitrogen and oxygen atoms in total. The molecule has 0 amide bonds. The van der Waals surface area contributed by atoms with Crippen LogP contribution in [0.15, 0.2) is 36.4 Å². The highest BCUT2D eigenvalue weighted by atomic mass is 19.3. The Morgan fingerprint density at radius 1 is 1.00 bits per heavy atom. The van der Waals surface area contributed by atoms with E-state index in [1.54, 1.807) is 6.07 Å². The standard InChI is InChI=1S/C12H10F2/c1-8-4-2-5-9-6-3-7-10(11(8)9)12(13)14/h2-7,12H,1H3. The van der Waals surface area contributed by atoms with Crippen molar-refractivity contribution in [2.45, 2.75) is 13.3 Å². The lowest BCUT2D eigenvalue weighted by Crippen LogP contribution is -1.88. The van der Waals surface area contributed by atoms with Crippen molar-refractivity contribution in [3.63, 3.8) is 0 Å². The zero-order chi connectivity index (χ0) is 10.1. The summed E-state index contributed by atoms with van der Waals surface area (Å²) in [6, 6.07) is 10.6. The second-order valence-corrected chi connectivity index (χ2v) is 3.32. The monoisotopic (exact) mass is 192 g/mol. The van der Waals surface area contributed by atoms with Crippen LogP contribution in [-0.4, -0.2) is 0 Å². The number of fused-ring (bicyclic) bond motifs is 1. The lowest BCUT2D eigenvalue weighted by molar-refractivity contribution is 0.153. The fraction of sp³-hybridized carbons (Fsp3) is 0.167. The average molecular weight is 192 g/mol. The molecule has 2 heteroatoms. The Morgan fingerprint density at radius 2 is 1.64 bits per heavy atom. The van der Waals surface area contributed by atoms with Gasteiger partial charge in [0, 0.05) is 5.56 Å². The Hall–Kier alpha value is -1.44. The van der Waals surface area contributed by atoms with E-state index in [4.69, 9.17) is 0 Å². The highest BCUT2D eigenvalue weighted by Crippen LogP contribution is 2.29. The molecule has 0 aromatic heterocycles. The topological polar surface area (TPSA) is 0 Å². The van der Waals surface area contributed by atoms with E-state index in [9.17, 15) is 8.78 Å². The summed E-state index contributed by atoms with van der Waals surface area (Å²) in [5.74, 6) is 0. The average Bonchev–Trinajstić information content (AvgIpc) is 2.17. The van der Waals surface area contributed by atoms with E-state index in [1.807, 2.05) is 31.2 Å². The number of rotatable bonds is 1. The number of hydrogen-bond acceptors (Lipinski definition) is 0. The highest BCUT2D eigenvalue weighted by Gasteiger charge is 2.11. The molecule has 0 heterocycles. The maximum absolute atomic E-state index is 12.7. The first-order chi connectivity index (χ1) is 6.70. The van der Waals surface area contributed by atoms with Gasteiger partial charge in [-0.3, -0.25) is 0 Å². The van der Waals surface area contributed by atoms with Crippen molar-refractivity contribution in [2.24, 2.45) is 0 Å². The summed E-state index contributed by atoms with van der Waals surface area (Å²) in [7, 11) is 0. The Bertz CT molecular complexity index is 456. The Labute approximate surface area is 81.2 Å². The highest BCUT2D eigenvalue weighted by molar-refractivity contribution is 5.88. The number of benzene rings is 2. The normalized spacial score (nSPS) is 11.1. The zero-order valence-corrected chi connectivity index (χ0v) is 7.80. The third-order valence-corrected chi connectivity index (χ3v) is 2.38. The fourth-order valence-corrected chi connectivity index (χ4v) is 1.74. The molecule has 0 aliphatic rings. The lowest BCUT2D eigenvalue weighted by atomic mass is 10.0. The first-order valence-corrected chi connectivity index (χ1v) is 4.46. The van der Waals surface area contributed by atoms with Gasteiger partial charge in [0.15, 0.2) is 0 Å². The van der Waals surface area contributed by atoms with Gasteiger partial charge in [-0.15, -0.1) is 0 Å². The van der Waals surface area contributed by atoms with Crippen LogP contribution in [0.1, 0.15) is 17.6 Å². The molecule has 0 aliphatic carbocycles. The molecular formula is C12H10F2. The lowest BCUT2D eigenvalue weighted by Gasteiger charge is -2.07. The summed E-state index contributed by atoms with van der Waals surface area (Å²) < 4.78 is 25.4. The number of alkyl halides is 2. The molecule has 72 valence electrons. The van der Waals surface area contributed by atoms with Crippen molar-refractivity contribution in [3.8, 4) is 0 Å². The Kier molecular flexibility index (Phi) is 2.20. The summed E-state index contributed by atoms with van der Waals surface area (Å²) in [5, 5.41) is 1.56. The van der Waals surface area contributed by atoms with Gasteiger partial charge in [-0.2, -0.15) is 0 Å². The van der Waals surface area contributed by atoms with Crippen LogP contribution in [0, 0.1) is 6.92 Å². The smallest absolute Gasteiger partial charge is 0.205 e. The molecule has 0 saturated carbocycles.